The van der Waals surface area contributed by atoms with Gasteiger partial charge in [0.2, 0.25) is 0 Å². The Morgan fingerprint density at radius 1 is 0.700 bits per heavy atom. The van der Waals surface area contributed by atoms with Crippen LogP contribution < -0.4 is 0 Å². The van der Waals surface area contributed by atoms with E-state index in [0.717, 1.165) is 0 Å². The van der Waals surface area contributed by atoms with Gasteiger partial charge in [-0.3, -0.25) is 0 Å². The number of pyridine rings is 1. The van der Waals surface area contributed by atoms with Gasteiger partial charge in [0.15, 0.2) is 11.6 Å². The lowest BCUT2D eigenvalue weighted by Gasteiger charge is -2.32. The maximum atomic E-state index is 13.0. The fourth-order valence-electron chi connectivity index (χ4n) is 1.25. The molecule has 0 aromatic carbocycles. The second-order valence-corrected chi connectivity index (χ2v) is 3.40. The van der Waals surface area contributed by atoms with Gasteiger partial charge >= 0.3 is 12.4 Å². The van der Waals surface area contributed by atoms with E-state index in [1.165, 1.54) is 0 Å². The van der Waals surface area contributed by atoms with Gasteiger partial charge in [-0.25, -0.2) is 8.78 Å². The summed E-state index contributed by atoms with van der Waals surface area (Å²) in [5.74, 6) is -11.8. The highest BCUT2D eigenvalue weighted by molar-refractivity contribution is 5.28. The van der Waals surface area contributed by atoms with E-state index in [4.69, 9.17) is 5.11 Å². The number of hydrogen-bond acceptors (Lipinski definition) is 2. The summed E-state index contributed by atoms with van der Waals surface area (Å²) in [6.45, 7) is 0. The third kappa shape index (κ3) is 2.17. The van der Waals surface area contributed by atoms with Gasteiger partial charge in [0.1, 0.15) is 0 Å². The highest BCUT2D eigenvalue weighted by atomic mass is 19.4. The van der Waals surface area contributed by atoms with Crippen LogP contribution in [0.25, 0.3) is 0 Å². The van der Waals surface area contributed by atoms with E-state index in [-0.39, 0.29) is 0 Å². The number of aliphatic hydroxyl groups is 1. The van der Waals surface area contributed by atoms with Crippen molar-refractivity contribution >= 4 is 0 Å². The Balaban J connectivity index is 3.87. The predicted molar refractivity (Wildman–Crippen MR) is 40.1 cm³/mol. The minimum atomic E-state index is -6.70. The number of hydrogen-bond donors (Lipinski definition) is 1. The first-order valence-electron chi connectivity index (χ1n) is 4.31. The molecule has 1 N–H and O–H groups in total. The number of rotatable bonds is 1. The smallest absolute Gasteiger partial charge is 0.369 e. The fourth-order valence-corrected chi connectivity index (χ4v) is 1.25. The molecule has 0 bridgehead atoms. The van der Waals surface area contributed by atoms with Gasteiger partial charge in [-0.15, -0.1) is 0 Å². The van der Waals surface area contributed by atoms with Crippen molar-refractivity contribution in [2.45, 2.75) is 18.0 Å². The Morgan fingerprint density at radius 2 is 1.00 bits per heavy atom. The molecule has 0 atom stereocenters. The molecule has 20 heavy (non-hydrogen) atoms. The van der Waals surface area contributed by atoms with Crippen LogP contribution in [-0.4, -0.2) is 22.4 Å². The molecule has 0 saturated heterocycles. The first kappa shape index (κ1) is 16.5. The monoisotopic (exact) mass is 317 g/mol. The van der Waals surface area contributed by atoms with Crippen LogP contribution in [0.5, 0.6) is 0 Å². The van der Waals surface area contributed by atoms with E-state index >= 15 is 0 Å². The number of nitrogens with zero attached hydrogens (tertiary/aromatic N) is 1. The van der Waals surface area contributed by atoms with Gasteiger partial charge in [0, 0.05) is 0 Å². The summed E-state index contributed by atoms with van der Waals surface area (Å²) in [5, 5.41) is 8.68. The Morgan fingerprint density at radius 3 is 1.25 bits per heavy atom. The van der Waals surface area contributed by atoms with E-state index in [2.05, 4.69) is 0 Å². The molecule has 1 rings (SSSR count). The molecule has 0 aliphatic carbocycles. The third-order valence-corrected chi connectivity index (χ3v) is 2.18. The van der Waals surface area contributed by atoms with Crippen molar-refractivity contribution < 1.29 is 49.0 Å². The second kappa shape index (κ2) is 4.46. The van der Waals surface area contributed by atoms with Crippen LogP contribution in [0.3, 0.4) is 0 Å². The molecule has 0 aliphatic heterocycles. The van der Waals surface area contributed by atoms with Crippen molar-refractivity contribution in [3.05, 3.63) is 29.1 Å². The lowest BCUT2D eigenvalue weighted by Crippen LogP contribution is -2.55. The Kier molecular flexibility index (Phi) is 3.67. The van der Waals surface area contributed by atoms with Crippen molar-refractivity contribution in [1.29, 1.82) is 0 Å². The van der Waals surface area contributed by atoms with Crippen LogP contribution in [0, 0.1) is 23.5 Å². The molecule has 0 amide bonds. The molecular weight excluding hydrogens is 316 g/mol. The predicted octanol–water partition coefficient (Wildman–Crippen LogP) is 2.95. The average Bonchev–Trinajstić information content (AvgIpc) is 2.23. The lowest BCUT2D eigenvalue weighted by molar-refractivity contribution is -0.378. The van der Waals surface area contributed by atoms with E-state index < -0.39 is 47.0 Å². The summed E-state index contributed by atoms with van der Waals surface area (Å²) in [4.78, 5) is 1.78. The van der Waals surface area contributed by atoms with Crippen LogP contribution in [0.4, 0.5) is 43.9 Å². The topological polar surface area (TPSA) is 33.1 Å². The zero-order valence-corrected chi connectivity index (χ0v) is 8.67. The highest BCUT2D eigenvalue weighted by Crippen LogP contribution is 2.51. The van der Waals surface area contributed by atoms with Crippen LogP contribution in [0.15, 0.2) is 0 Å². The maximum Gasteiger partial charge on any atom is 0.430 e. The normalized spacial score (nSPS) is 13.8. The SMILES string of the molecule is OC(c1c(F)c(F)nc(F)c1F)(C(F)(F)F)C(F)(F)F. The van der Waals surface area contributed by atoms with E-state index in [9.17, 15) is 43.9 Å². The van der Waals surface area contributed by atoms with Crippen molar-refractivity contribution in [3.8, 4) is 0 Å². The summed E-state index contributed by atoms with van der Waals surface area (Å²) in [6.07, 6.45) is -13.4. The van der Waals surface area contributed by atoms with Crippen LogP contribution >= 0.6 is 0 Å². The number of aromatic nitrogens is 1. The largest absolute Gasteiger partial charge is 0.430 e. The van der Waals surface area contributed by atoms with Gasteiger partial charge in [-0.1, -0.05) is 0 Å². The summed E-state index contributed by atoms with van der Waals surface area (Å²) in [5.41, 5.74) is -9.42. The molecule has 1 aromatic heterocycles. The summed E-state index contributed by atoms with van der Waals surface area (Å²) < 4.78 is 125. The lowest BCUT2D eigenvalue weighted by atomic mass is 9.92. The van der Waals surface area contributed by atoms with Gasteiger partial charge < -0.3 is 5.11 Å². The minimum absolute atomic E-state index is 1.78. The molecule has 1 heterocycles. The molecule has 0 saturated carbocycles. The maximum absolute atomic E-state index is 13.0. The molecule has 2 nitrogen and oxygen atoms in total. The Labute approximate surface area is 102 Å². The van der Waals surface area contributed by atoms with E-state index in [1.54, 1.807) is 4.98 Å². The second-order valence-electron chi connectivity index (χ2n) is 3.40. The van der Waals surface area contributed by atoms with Crippen molar-refractivity contribution in [1.82, 2.24) is 4.98 Å². The Bertz CT molecular complexity index is 493. The Hall–Kier alpha value is -1.59. The molecule has 0 unspecified atom stereocenters. The summed E-state index contributed by atoms with van der Waals surface area (Å²) >= 11 is 0. The van der Waals surface area contributed by atoms with Crippen molar-refractivity contribution in [2.75, 3.05) is 0 Å². The van der Waals surface area contributed by atoms with Crippen molar-refractivity contribution in [2.24, 2.45) is 0 Å². The van der Waals surface area contributed by atoms with Crippen molar-refractivity contribution in [3.63, 3.8) is 0 Å². The summed E-state index contributed by atoms with van der Waals surface area (Å²) in [6, 6.07) is 0. The fraction of sp³-hybridized carbons (Fsp3) is 0.375. The molecule has 0 spiro atoms. The first-order chi connectivity index (χ1) is 8.75. The zero-order chi connectivity index (χ0) is 16.1. The van der Waals surface area contributed by atoms with Crippen LogP contribution in [0.2, 0.25) is 0 Å². The molecule has 0 fully saturated rings. The van der Waals surface area contributed by atoms with Crippen LogP contribution in [0.1, 0.15) is 5.56 Å². The number of alkyl halides is 6. The van der Waals surface area contributed by atoms with E-state index in [1.807, 2.05) is 0 Å². The molecular formula is C8HF10NO. The highest BCUT2D eigenvalue weighted by Gasteiger charge is 2.73. The molecule has 0 aliphatic rings. The van der Waals surface area contributed by atoms with Gasteiger partial charge in [-0.2, -0.15) is 40.1 Å². The van der Waals surface area contributed by atoms with Crippen LogP contribution in [-0.2, 0) is 5.60 Å². The third-order valence-electron chi connectivity index (χ3n) is 2.18. The molecule has 114 valence electrons. The van der Waals surface area contributed by atoms with E-state index in [0.29, 0.717) is 0 Å². The van der Waals surface area contributed by atoms with Gasteiger partial charge in [-0.05, 0) is 0 Å². The quantitative estimate of drug-likeness (QED) is 0.638. The van der Waals surface area contributed by atoms with Gasteiger partial charge in [0.05, 0.1) is 5.56 Å². The first-order valence-corrected chi connectivity index (χ1v) is 4.31. The zero-order valence-electron chi connectivity index (χ0n) is 8.67. The van der Waals surface area contributed by atoms with Gasteiger partial charge in [0.25, 0.3) is 17.5 Å². The summed E-state index contributed by atoms with van der Waals surface area (Å²) in [7, 11) is 0. The average molecular weight is 317 g/mol. The standard InChI is InChI=1S/C8HF10NO/c9-2-1(3(10)5(12)19-4(2)11)6(20,7(13,14)15)8(16,17)18/h20H. The number of halogens is 10. The molecule has 1 aromatic rings. The molecule has 12 heteroatoms. The minimum Gasteiger partial charge on any atom is -0.369 e. The molecule has 0 radical (unpaired) electrons.